The Labute approximate surface area is 271 Å². The molecular weight excluding hydrogens is 639 g/mol. The van der Waals surface area contributed by atoms with Gasteiger partial charge in [-0.15, -0.1) is 0 Å². The molecule has 1 aliphatic carbocycles. The highest BCUT2D eigenvalue weighted by Gasteiger charge is 2.38. The lowest BCUT2D eigenvalue weighted by atomic mass is 9.92. The van der Waals surface area contributed by atoms with Gasteiger partial charge < -0.3 is 30.2 Å². The van der Waals surface area contributed by atoms with E-state index in [4.69, 9.17) is 4.74 Å². The number of imidazole rings is 1. The zero-order chi connectivity index (χ0) is 34.1. The SMILES string of the molecule is COc1cc(S(C)(=O)=O)ccc1NCC#Cc1cc(C(=O)N[C@H]2CCN(C3CC(O)C(O)C3)C[C@@H]2C)c2ncn(CC(F)(F)F)c2c1. The van der Waals surface area contributed by atoms with Crippen molar-refractivity contribution in [1.29, 1.82) is 0 Å². The van der Waals surface area contributed by atoms with Crippen LogP contribution < -0.4 is 15.4 Å². The van der Waals surface area contributed by atoms with E-state index in [-0.39, 0.29) is 46.0 Å². The Kier molecular flexibility index (Phi) is 10.1. The lowest BCUT2D eigenvalue weighted by Crippen LogP contribution is -2.52. The van der Waals surface area contributed by atoms with Crippen molar-refractivity contribution in [3.05, 3.63) is 47.8 Å². The molecule has 1 amide bonds. The molecule has 2 aromatic carbocycles. The Morgan fingerprint density at radius 1 is 1.17 bits per heavy atom. The summed E-state index contributed by atoms with van der Waals surface area (Å²) in [5.74, 6) is 5.68. The van der Waals surface area contributed by atoms with Crippen molar-refractivity contribution in [2.24, 2.45) is 5.92 Å². The maximum absolute atomic E-state index is 13.6. The number of piperidine rings is 1. The molecule has 15 heteroatoms. The van der Waals surface area contributed by atoms with Gasteiger partial charge in [0.15, 0.2) is 9.84 Å². The van der Waals surface area contributed by atoms with E-state index in [1.165, 1.54) is 31.4 Å². The van der Waals surface area contributed by atoms with Gasteiger partial charge in [-0.05, 0) is 49.4 Å². The van der Waals surface area contributed by atoms with Crippen molar-refractivity contribution < 1.29 is 41.3 Å². The number of carbonyl (C=O) groups excluding carboxylic acids is 1. The summed E-state index contributed by atoms with van der Waals surface area (Å²) in [6.45, 7) is 2.12. The van der Waals surface area contributed by atoms with Crippen molar-refractivity contribution in [1.82, 2.24) is 19.8 Å². The van der Waals surface area contributed by atoms with Crippen LogP contribution in [0.25, 0.3) is 11.0 Å². The van der Waals surface area contributed by atoms with Crippen LogP contribution in [0, 0.1) is 17.8 Å². The zero-order valence-electron chi connectivity index (χ0n) is 26.2. The highest BCUT2D eigenvalue weighted by Crippen LogP contribution is 2.30. The number of aromatic nitrogens is 2. The zero-order valence-corrected chi connectivity index (χ0v) is 27.0. The highest BCUT2D eigenvalue weighted by molar-refractivity contribution is 7.90. The number of halogens is 3. The molecule has 0 radical (unpaired) electrons. The Morgan fingerprint density at radius 3 is 2.53 bits per heavy atom. The van der Waals surface area contributed by atoms with Gasteiger partial charge in [-0.3, -0.25) is 9.69 Å². The van der Waals surface area contributed by atoms with Gasteiger partial charge in [0.05, 0.1) is 53.9 Å². The monoisotopic (exact) mass is 677 g/mol. The molecule has 11 nitrogen and oxygen atoms in total. The van der Waals surface area contributed by atoms with Gasteiger partial charge in [0, 0.05) is 43.1 Å². The molecule has 5 rings (SSSR count). The molecule has 1 aromatic heterocycles. The molecule has 1 aliphatic heterocycles. The second kappa shape index (κ2) is 13.7. The van der Waals surface area contributed by atoms with Gasteiger partial charge in [0.1, 0.15) is 17.8 Å². The predicted molar refractivity (Wildman–Crippen MR) is 169 cm³/mol. The Bertz CT molecular complexity index is 1790. The number of sulfone groups is 1. The molecule has 47 heavy (non-hydrogen) atoms. The third-order valence-corrected chi connectivity index (χ3v) is 9.87. The normalized spacial score (nSPS) is 23.7. The number of likely N-dealkylation sites (tertiary alicyclic amines) is 1. The van der Waals surface area contributed by atoms with E-state index in [1.54, 1.807) is 6.07 Å². The number of aliphatic hydroxyl groups excluding tert-OH is 2. The minimum atomic E-state index is -4.51. The number of nitrogens with one attached hydrogen (secondary N) is 2. The molecule has 0 spiro atoms. The van der Waals surface area contributed by atoms with Crippen LogP contribution in [0.4, 0.5) is 18.9 Å². The van der Waals surface area contributed by atoms with Gasteiger partial charge in [0.2, 0.25) is 0 Å². The average molecular weight is 678 g/mol. The lowest BCUT2D eigenvalue weighted by Gasteiger charge is -2.40. The maximum atomic E-state index is 13.6. The van der Waals surface area contributed by atoms with Crippen LogP contribution in [0.2, 0.25) is 0 Å². The van der Waals surface area contributed by atoms with Gasteiger partial charge >= 0.3 is 6.18 Å². The molecule has 3 aromatic rings. The lowest BCUT2D eigenvalue weighted by molar-refractivity contribution is -0.139. The summed E-state index contributed by atoms with van der Waals surface area (Å²) >= 11 is 0. The average Bonchev–Trinajstić information content (AvgIpc) is 3.55. The van der Waals surface area contributed by atoms with Crippen molar-refractivity contribution in [2.75, 3.05) is 38.3 Å². The molecule has 4 N–H and O–H groups in total. The van der Waals surface area contributed by atoms with E-state index in [0.29, 0.717) is 49.4 Å². The summed E-state index contributed by atoms with van der Waals surface area (Å²) in [6.07, 6.45) is -2.23. The molecule has 0 bridgehead atoms. The number of hydrogen-bond acceptors (Lipinski definition) is 9. The van der Waals surface area contributed by atoms with Crippen LogP contribution >= 0.6 is 0 Å². The van der Waals surface area contributed by atoms with Crippen LogP contribution in [-0.2, 0) is 16.4 Å². The number of aliphatic hydroxyl groups is 2. The molecule has 2 aliphatic rings. The summed E-state index contributed by atoms with van der Waals surface area (Å²) in [6, 6.07) is 7.21. The summed E-state index contributed by atoms with van der Waals surface area (Å²) in [7, 11) is -2.04. The summed E-state index contributed by atoms with van der Waals surface area (Å²) < 4.78 is 70.1. The third kappa shape index (κ3) is 8.18. The first-order valence-electron chi connectivity index (χ1n) is 15.2. The molecule has 2 fully saturated rings. The van der Waals surface area contributed by atoms with Crippen molar-refractivity contribution in [2.45, 2.75) is 68.1 Å². The van der Waals surface area contributed by atoms with Crippen LogP contribution in [-0.4, -0.2) is 102 Å². The van der Waals surface area contributed by atoms with Gasteiger partial charge in [-0.2, -0.15) is 13.2 Å². The fourth-order valence-corrected chi connectivity index (χ4v) is 6.93. The van der Waals surface area contributed by atoms with Crippen LogP contribution in [0.15, 0.2) is 41.6 Å². The van der Waals surface area contributed by atoms with Gasteiger partial charge in [-0.1, -0.05) is 18.8 Å². The van der Waals surface area contributed by atoms with E-state index in [9.17, 15) is 36.6 Å². The van der Waals surface area contributed by atoms with Gasteiger partial charge in [-0.25, -0.2) is 13.4 Å². The standard InChI is InChI=1S/C32H38F3N5O6S/c1-19-16-39(21-13-27(41)28(42)14-21)10-8-24(19)38-31(43)23-11-20(12-26-30(23)37-18-40(26)17-32(33,34)35)5-4-9-36-25-7-6-22(47(3,44)45)15-29(25)46-2/h6-7,11-12,15,18-19,21,24,27-28,36,41-42H,8-10,13-14,16-17H2,1-3H3,(H,38,43)/t19-,21?,24-,27?,28?/m0/s1. The van der Waals surface area contributed by atoms with Crippen molar-refractivity contribution in [3.63, 3.8) is 0 Å². The highest BCUT2D eigenvalue weighted by atomic mass is 32.2. The number of nitrogens with zero attached hydrogens (tertiary/aromatic N) is 3. The number of ether oxygens (including phenoxy) is 1. The number of amides is 1. The van der Waals surface area contributed by atoms with Crippen molar-refractivity contribution in [3.8, 4) is 17.6 Å². The topological polar surface area (TPSA) is 146 Å². The Morgan fingerprint density at radius 2 is 1.89 bits per heavy atom. The molecule has 1 saturated heterocycles. The van der Waals surface area contributed by atoms with E-state index in [1.807, 2.05) is 6.92 Å². The number of carbonyl (C=O) groups is 1. The molecule has 2 heterocycles. The molecule has 254 valence electrons. The number of fused-ring (bicyclic) bond motifs is 1. The first-order chi connectivity index (χ1) is 22.1. The largest absolute Gasteiger partial charge is 0.495 e. The summed E-state index contributed by atoms with van der Waals surface area (Å²) in [5.41, 5.74) is 1.16. The Hall–Kier alpha value is -3.84. The molecular formula is C32H38F3N5O6S. The summed E-state index contributed by atoms with van der Waals surface area (Å²) in [4.78, 5) is 20.1. The third-order valence-electron chi connectivity index (χ3n) is 8.76. The van der Waals surface area contributed by atoms with E-state index in [2.05, 4.69) is 32.4 Å². The van der Waals surface area contributed by atoms with Crippen LogP contribution in [0.3, 0.4) is 0 Å². The number of benzene rings is 2. The van der Waals surface area contributed by atoms with E-state index in [0.717, 1.165) is 17.2 Å². The van der Waals surface area contributed by atoms with E-state index < -0.39 is 40.7 Å². The minimum absolute atomic E-state index is 0.0402. The smallest absolute Gasteiger partial charge is 0.406 e. The number of hydrogen-bond donors (Lipinski definition) is 4. The predicted octanol–water partition coefficient (Wildman–Crippen LogP) is 2.80. The quantitative estimate of drug-likeness (QED) is 0.265. The van der Waals surface area contributed by atoms with Crippen LogP contribution in [0.1, 0.15) is 42.1 Å². The number of methoxy groups -OCH3 is 1. The second-order valence-electron chi connectivity index (χ2n) is 12.3. The number of rotatable bonds is 8. The second-order valence-corrected chi connectivity index (χ2v) is 14.3. The Balaban J connectivity index is 1.35. The summed E-state index contributed by atoms with van der Waals surface area (Å²) in [5, 5.41) is 26.0. The molecule has 2 unspecified atom stereocenters. The van der Waals surface area contributed by atoms with Gasteiger partial charge in [0.25, 0.3) is 5.91 Å². The first-order valence-corrected chi connectivity index (χ1v) is 17.1. The van der Waals surface area contributed by atoms with Crippen molar-refractivity contribution >= 4 is 32.5 Å². The first kappa shape index (κ1) is 34.5. The van der Waals surface area contributed by atoms with E-state index >= 15 is 0 Å². The fourth-order valence-electron chi connectivity index (χ4n) is 6.30. The maximum Gasteiger partial charge on any atom is 0.406 e. The molecule has 1 saturated carbocycles. The number of alkyl halides is 3. The minimum Gasteiger partial charge on any atom is -0.495 e. The number of anilines is 1. The van der Waals surface area contributed by atoms with Crippen LogP contribution in [0.5, 0.6) is 5.75 Å². The molecule has 4 atom stereocenters. The fraction of sp³-hybridized carbons (Fsp3) is 0.500.